The molecule has 0 aromatic heterocycles. The molecule has 2 aliphatic rings. The van der Waals surface area contributed by atoms with Crippen LogP contribution in [-0.4, -0.2) is 23.4 Å². The fraction of sp³-hybridized carbons (Fsp3) is 0.238. The SMILES string of the molecule is Cc1ccc(N2CSC3=C(C#N)[C@@H](c4ccccc4Cl)CC(=O)N3C2)cc1Cl. The van der Waals surface area contributed by atoms with E-state index in [0.717, 1.165) is 21.8 Å². The van der Waals surface area contributed by atoms with Gasteiger partial charge in [-0.15, -0.1) is 0 Å². The summed E-state index contributed by atoms with van der Waals surface area (Å²) in [7, 11) is 0. The van der Waals surface area contributed by atoms with Gasteiger partial charge in [-0.2, -0.15) is 5.26 Å². The fourth-order valence-corrected chi connectivity index (χ4v) is 5.14. The van der Waals surface area contributed by atoms with E-state index in [-0.39, 0.29) is 18.2 Å². The number of halogens is 2. The number of aryl methyl sites for hydroxylation is 1. The molecule has 0 unspecified atom stereocenters. The lowest BCUT2D eigenvalue weighted by molar-refractivity contribution is -0.129. The van der Waals surface area contributed by atoms with Crippen molar-refractivity contribution in [3.05, 3.63) is 74.2 Å². The molecule has 1 atom stereocenters. The van der Waals surface area contributed by atoms with Crippen molar-refractivity contribution < 1.29 is 4.79 Å². The first-order valence-corrected chi connectivity index (χ1v) is 10.6. The Morgan fingerprint density at radius 2 is 1.96 bits per heavy atom. The molecule has 0 aliphatic carbocycles. The molecule has 0 radical (unpaired) electrons. The number of amides is 1. The van der Waals surface area contributed by atoms with Gasteiger partial charge in [-0.3, -0.25) is 9.69 Å². The summed E-state index contributed by atoms with van der Waals surface area (Å²) in [6, 6.07) is 15.6. The molecule has 2 aliphatic heterocycles. The van der Waals surface area contributed by atoms with Crippen LogP contribution in [0.25, 0.3) is 0 Å². The molecule has 142 valence electrons. The Morgan fingerprint density at radius 1 is 1.18 bits per heavy atom. The van der Waals surface area contributed by atoms with Crippen LogP contribution in [0.4, 0.5) is 5.69 Å². The monoisotopic (exact) mass is 429 g/mol. The van der Waals surface area contributed by atoms with E-state index >= 15 is 0 Å². The Bertz CT molecular complexity index is 1030. The molecule has 1 fully saturated rings. The third-order valence-corrected chi connectivity index (χ3v) is 7.00. The summed E-state index contributed by atoms with van der Waals surface area (Å²) < 4.78 is 0. The summed E-state index contributed by atoms with van der Waals surface area (Å²) in [5.74, 6) is 0.332. The third kappa shape index (κ3) is 3.37. The fourth-order valence-electron chi connectivity index (χ4n) is 3.53. The molecule has 1 amide bonds. The van der Waals surface area contributed by atoms with E-state index in [4.69, 9.17) is 23.2 Å². The first-order chi connectivity index (χ1) is 13.5. The van der Waals surface area contributed by atoms with Crippen molar-refractivity contribution in [1.82, 2.24) is 4.90 Å². The normalized spacial score (nSPS) is 19.5. The molecule has 2 aromatic rings. The molecule has 0 saturated carbocycles. The molecule has 4 nitrogen and oxygen atoms in total. The predicted molar refractivity (Wildman–Crippen MR) is 114 cm³/mol. The van der Waals surface area contributed by atoms with Crippen molar-refractivity contribution in [2.75, 3.05) is 17.4 Å². The van der Waals surface area contributed by atoms with Crippen LogP contribution in [0, 0.1) is 18.3 Å². The number of nitrogens with zero attached hydrogens (tertiary/aromatic N) is 3. The second-order valence-electron chi connectivity index (χ2n) is 6.82. The summed E-state index contributed by atoms with van der Waals surface area (Å²) in [4.78, 5) is 16.7. The zero-order valence-corrected chi connectivity index (χ0v) is 17.5. The lowest BCUT2D eigenvalue weighted by Gasteiger charge is -2.42. The number of carbonyl (C=O) groups is 1. The third-order valence-electron chi connectivity index (χ3n) is 5.09. The Kier molecular flexibility index (Phi) is 5.29. The highest BCUT2D eigenvalue weighted by atomic mass is 35.5. The van der Waals surface area contributed by atoms with Gasteiger partial charge in [0.05, 0.1) is 29.2 Å². The summed E-state index contributed by atoms with van der Waals surface area (Å²) in [5.41, 5.74) is 3.41. The van der Waals surface area contributed by atoms with Crippen molar-refractivity contribution in [3.63, 3.8) is 0 Å². The maximum atomic E-state index is 13.0. The van der Waals surface area contributed by atoms with Gasteiger partial charge in [-0.05, 0) is 36.2 Å². The van der Waals surface area contributed by atoms with Crippen molar-refractivity contribution in [1.29, 1.82) is 5.26 Å². The van der Waals surface area contributed by atoms with E-state index in [0.29, 0.717) is 28.2 Å². The number of carbonyl (C=O) groups excluding carboxylic acids is 1. The number of nitriles is 1. The minimum atomic E-state index is -0.301. The number of rotatable bonds is 2. The van der Waals surface area contributed by atoms with Crippen LogP contribution in [0.15, 0.2) is 53.1 Å². The summed E-state index contributed by atoms with van der Waals surface area (Å²) in [6.07, 6.45) is 0.235. The molecule has 2 aromatic carbocycles. The highest BCUT2D eigenvalue weighted by Crippen LogP contribution is 2.44. The van der Waals surface area contributed by atoms with Crippen LogP contribution >= 0.6 is 35.0 Å². The van der Waals surface area contributed by atoms with E-state index in [1.165, 1.54) is 11.8 Å². The Morgan fingerprint density at radius 3 is 2.68 bits per heavy atom. The predicted octanol–water partition coefficient (Wildman–Crippen LogP) is 5.52. The van der Waals surface area contributed by atoms with Gasteiger partial charge in [-0.1, -0.05) is 59.2 Å². The molecule has 4 rings (SSSR count). The second-order valence-corrected chi connectivity index (χ2v) is 8.57. The Balaban J connectivity index is 1.68. The molecule has 7 heteroatoms. The van der Waals surface area contributed by atoms with Crippen LogP contribution in [0.3, 0.4) is 0 Å². The highest BCUT2D eigenvalue weighted by Gasteiger charge is 2.38. The number of fused-ring (bicyclic) bond motifs is 1. The highest BCUT2D eigenvalue weighted by molar-refractivity contribution is 8.03. The minimum Gasteiger partial charge on any atom is -0.344 e. The van der Waals surface area contributed by atoms with Gasteiger partial charge >= 0.3 is 0 Å². The summed E-state index contributed by atoms with van der Waals surface area (Å²) in [5, 5.41) is 11.9. The van der Waals surface area contributed by atoms with E-state index in [1.54, 1.807) is 11.0 Å². The lowest BCUT2D eigenvalue weighted by atomic mass is 9.86. The topological polar surface area (TPSA) is 47.3 Å². The molecule has 0 N–H and O–H groups in total. The van der Waals surface area contributed by atoms with Gasteiger partial charge in [0, 0.05) is 28.1 Å². The first kappa shape index (κ1) is 19.2. The summed E-state index contributed by atoms with van der Waals surface area (Å²) >= 11 is 14.1. The summed E-state index contributed by atoms with van der Waals surface area (Å²) in [6.45, 7) is 2.36. The van der Waals surface area contributed by atoms with Gasteiger partial charge in [0.2, 0.25) is 5.91 Å². The van der Waals surface area contributed by atoms with Gasteiger partial charge in [0.15, 0.2) is 0 Å². The van der Waals surface area contributed by atoms with Crippen LogP contribution in [0.2, 0.25) is 10.0 Å². The minimum absolute atomic E-state index is 0.00525. The van der Waals surface area contributed by atoms with Crippen molar-refractivity contribution >= 4 is 46.6 Å². The number of anilines is 1. The molecule has 0 bridgehead atoms. The van der Waals surface area contributed by atoms with Gasteiger partial charge in [-0.25, -0.2) is 0 Å². The number of hydrogen-bond acceptors (Lipinski definition) is 4. The molecule has 1 saturated heterocycles. The lowest BCUT2D eigenvalue weighted by Crippen LogP contribution is -2.47. The van der Waals surface area contributed by atoms with Crippen LogP contribution in [-0.2, 0) is 4.79 Å². The number of thioether (sulfide) groups is 1. The molecule has 28 heavy (non-hydrogen) atoms. The number of allylic oxidation sites excluding steroid dienone is 1. The number of hydrogen-bond donors (Lipinski definition) is 0. The zero-order chi connectivity index (χ0) is 19.8. The van der Waals surface area contributed by atoms with Gasteiger partial charge < -0.3 is 4.90 Å². The van der Waals surface area contributed by atoms with Crippen molar-refractivity contribution in [2.24, 2.45) is 0 Å². The smallest absolute Gasteiger partial charge is 0.229 e. The average Bonchev–Trinajstić information content (AvgIpc) is 2.70. The molecule has 2 heterocycles. The van der Waals surface area contributed by atoms with E-state index < -0.39 is 0 Å². The second kappa shape index (κ2) is 7.71. The largest absolute Gasteiger partial charge is 0.344 e. The maximum Gasteiger partial charge on any atom is 0.229 e. The standard InChI is InChI=1S/C21H17Cl2N3OS/c1-13-6-7-14(8-19(13)23)25-11-26-20(27)9-16(15-4-2-3-5-18(15)22)17(10-24)21(26)28-12-25/h2-8,16H,9,11-12H2,1H3/t16-/m1/s1. The average molecular weight is 430 g/mol. The van der Waals surface area contributed by atoms with E-state index in [1.807, 2.05) is 43.3 Å². The quantitative estimate of drug-likeness (QED) is 0.630. The van der Waals surface area contributed by atoms with Crippen molar-refractivity contribution in [3.8, 4) is 6.07 Å². The Hall–Kier alpha value is -2.13. The Labute approximate surface area is 178 Å². The molecular formula is C21H17Cl2N3OS. The molecular weight excluding hydrogens is 413 g/mol. The van der Waals surface area contributed by atoms with Gasteiger partial charge in [0.1, 0.15) is 0 Å². The number of benzene rings is 2. The van der Waals surface area contributed by atoms with Crippen molar-refractivity contribution in [2.45, 2.75) is 19.3 Å². The van der Waals surface area contributed by atoms with E-state index in [9.17, 15) is 10.1 Å². The molecule has 0 spiro atoms. The maximum absolute atomic E-state index is 13.0. The van der Waals surface area contributed by atoms with Gasteiger partial charge in [0.25, 0.3) is 0 Å². The first-order valence-electron chi connectivity index (χ1n) is 8.82. The van der Waals surface area contributed by atoms with Crippen LogP contribution in [0.5, 0.6) is 0 Å². The van der Waals surface area contributed by atoms with Crippen LogP contribution < -0.4 is 4.90 Å². The van der Waals surface area contributed by atoms with Crippen LogP contribution in [0.1, 0.15) is 23.5 Å². The van der Waals surface area contributed by atoms with E-state index in [2.05, 4.69) is 11.0 Å². The zero-order valence-electron chi connectivity index (χ0n) is 15.2.